The Morgan fingerprint density at radius 2 is 1.59 bits per heavy atom. The summed E-state index contributed by atoms with van der Waals surface area (Å²) in [6.07, 6.45) is 5.96. The van der Waals surface area contributed by atoms with Crippen molar-refractivity contribution in [2.45, 2.75) is 63.9 Å². The Balaban J connectivity index is 1.31. The summed E-state index contributed by atoms with van der Waals surface area (Å²) in [4.78, 5) is 0. The highest BCUT2D eigenvalue weighted by molar-refractivity contribution is 5.64. The Morgan fingerprint density at radius 1 is 0.919 bits per heavy atom. The van der Waals surface area contributed by atoms with Gasteiger partial charge in [0, 0.05) is 0 Å². The maximum Gasteiger partial charge on any atom is 0.432 e. The Labute approximate surface area is 218 Å². The number of allylic oxidation sites excluding steroid dienone is 1. The minimum absolute atomic E-state index is 0.0620. The van der Waals surface area contributed by atoms with E-state index in [1.807, 2.05) is 42.5 Å². The van der Waals surface area contributed by atoms with Gasteiger partial charge >= 0.3 is 6.11 Å². The lowest BCUT2D eigenvalue weighted by molar-refractivity contribution is -0.195. The molecule has 196 valence electrons. The van der Waals surface area contributed by atoms with Gasteiger partial charge in [-0.3, -0.25) is 0 Å². The van der Waals surface area contributed by atoms with E-state index in [1.165, 1.54) is 37.0 Å². The van der Waals surface area contributed by atoms with Gasteiger partial charge < -0.3 is 9.47 Å². The van der Waals surface area contributed by atoms with E-state index in [0.29, 0.717) is 11.5 Å². The van der Waals surface area contributed by atoms with Crippen molar-refractivity contribution in [3.05, 3.63) is 96.3 Å². The van der Waals surface area contributed by atoms with Crippen molar-refractivity contribution in [3.63, 3.8) is 0 Å². The second kappa shape index (κ2) is 12.4. The number of aryl methyl sites for hydroxylation is 1. The molecule has 4 rings (SSSR count). The molecule has 1 saturated carbocycles. The van der Waals surface area contributed by atoms with E-state index in [2.05, 4.69) is 13.5 Å². The first-order valence-electron chi connectivity index (χ1n) is 13.2. The smallest absolute Gasteiger partial charge is 0.432 e. The van der Waals surface area contributed by atoms with Crippen molar-refractivity contribution in [1.82, 2.24) is 0 Å². The Hall–Kier alpha value is -3.21. The van der Waals surface area contributed by atoms with Crippen molar-refractivity contribution < 1.29 is 22.6 Å². The highest BCUT2D eigenvalue weighted by atomic mass is 19.3. The zero-order chi connectivity index (χ0) is 26.3. The lowest BCUT2D eigenvalue weighted by Crippen LogP contribution is -2.32. The van der Waals surface area contributed by atoms with Gasteiger partial charge in [0.25, 0.3) is 0 Å². The average Bonchev–Trinajstić information content (AvgIpc) is 2.92. The standard InChI is InChI=1S/C32H35F3O2/c1-3-5-6-24-9-13-27(14-10-24)28-17-20-31(30(33)21-28)36-22-32(34,35)37-29-18-15-26(16-19-29)25-11-7-23(4-2)8-12-25/h3,9-10,13-21,23,25H,1,4-8,11-12,22H2,2H3. The topological polar surface area (TPSA) is 18.5 Å². The molecule has 1 aliphatic carbocycles. The van der Waals surface area contributed by atoms with E-state index in [4.69, 9.17) is 9.47 Å². The van der Waals surface area contributed by atoms with Crippen LogP contribution in [0.3, 0.4) is 0 Å². The van der Waals surface area contributed by atoms with E-state index >= 15 is 0 Å². The van der Waals surface area contributed by atoms with Crippen LogP contribution in [0.4, 0.5) is 13.2 Å². The number of hydrogen-bond donors (Lipinski definition) is 0. The number of benzene rings is 3. The normalized spacial score (nSPS) is 17.8. The molecule has 0 heterocycles. The van der Waals surface area contributed by atoms with Gasteiger partial charge in [0.05, 0.1) is 0 Å². The second-order valence-electron chi connectivity index (χ2n) is 9.89. The Morgan fingerprint density at radius 3 is 2.22 bits per heavy atom. The van der Waals surface area contributed by atoms with Crippen LogP contribution in [0.15, 0.2) is 79.4 Å². The Kier molecular flexibility index (Phi) is 8.96. The monoisotopic (exact) mass is 508 g/mol. The number of hydrogen-bond acceptors (Lipinski definition) is 2. The third-order valence-electron chi connectivity index (χ3n) is 7.29. The molecular formula is C32H35F3O2. The highest BCUT2D eigenvalue weighted by Gasteiger charge is 2.33. The number of ether oxygens (including phenoxy) is 2. The molecule has 0 unspecified atom stereocenters. The molecule has 0 aromatic heterocycles. The summed E-state index contributed by atoms with van der Waals surface area (Å²) in [5.74, 6) is 0.394. The lowest BCUT2D eigenvalue weighted by atomic mass is 9.78. The van der Waals surface area contributed by atoms with Gasteiger partial charge in [0.1, 0.15) is 5.75 Å². The summed E-state index contributed by atoms with van der Waals surface area (Å²) in [5, 5.41) is 0. The molecule has 0 radical (unpaired) electrons. The van der Waals surface area contributed by atoms with Gasteiger partial charge in [-0.1, -0.05) is 61.9 Å². The first-order valence-corrected chi connectivity index (χ1v) is 13.2. The van der Waals surface area contributed by atoms with Gasteiger partial charge in [-0.25, -0.2) is 4.39 Å². The maximum atomic E-state index is 14.6. The number of halogens is 3. The molecule has 5 heteroatoms. The summed E-state index contributed by atoms with van der Waals surface area (Å²) >= 11 is 0. The molecule has 1 aliphatic rings. The summed E-state index contributed by atoms with van der Waals surface area (Å²) in [6.45, 7) is 4.86. The molecule has 3 aromatic carbocycles. The summed E-state index contributed by atoms with van der Waals surface area (Å²) in [7, 11) is 0. The fourth-order valence-electron chi connectivity index (χ4n) is 5.01. The summed E-state index contributed by atoms with van der Waals surface area (Å²) in [5.41, 5.74) is 3.81. The molecule has 0 bridgehead atoms. The number of rotatable bonds is 11. The molecule has 0 amide bonds. The predicted octanol–water partition coefficient (Wildman–Crippen LogP) is 9.35. The summed E-state index contributed by atoms with van der Waals surface area (Å²) < 4.78 is 53.5. The first kappa shape index (κ1) is 26.8. The molecule has 3 aromatic rings. The van der Waals surface area contributed by atoms with Crippen LogP contribution in [0.25, 0.3) is 11.1 Å². The van der Waals surface area contributed by atoms with Crippen LogP contribution >= 0.6 is 0 Å². The van der Waals surface area contributed by atoms with E-state index in [0.717, 1.165) is 42.7 Å². The van der Waals surface area contributed by atoms with Crippen LogP contribution < -0.4 is 9.47 Å². The number of alkyl halides is 2. The predicted molar refractivity (Wildman–Crippen MR) is 143 cm³/mol. The van der Waals surface area contributed by atoms with Crippen molar-refractivity contribution >= 4 is 0 Å². The van der Waals surface area contributed by atoms with Crippen LogP contribution in [-0.4, -0.2) is 12.7 Å². The van der Waals surface area contributed by atoms with Crippen LogP contribution in [0, 0.1) is 11.7 Å². The van der Waals surface area contributed by atoms with Crippen molar-refractivity contribution in [1.29, 1.82) is 0 Å². The molecular weight excluding hydrogens is 473 g/mol. The van der Waals surface area contributed by atoms with Crippen LogP contribution in [-0.2, 0) is 6.42 Å². The zero-order valence-electron chi connectivity index (χ0n) is 21.4. The molecule has 1 fully saturated rings. The van der Waals surface area contributed by atoms with Gasteiger partial charge in [-0.05, 0) is 96.9 Å². The third-order valence-corrected chi connectivity index (χ3v) is 7.29. The van der Waals surface area contributed by atoms with Crippen molar-refractivity contribution in [2.75, 3.05) is 6.61 Å². The third kappa shape index (κ3) is 7.41. The van der Waals surface area contributed by atoms with Crippen LogP contribution in [0.1, 0.15) is 62.5 Å². The fraction of sp³-hybridized carbons (Fsp3) is 0.375. The van der Waals surface area contributed by atoms with Gasteiger partial charge in [0.15, 0.2) is 18.2 Å². The van der Waals surface area contributed by atoms with Gasteiger partial charge in [-0.2, -0.15) is 8.78 Å². The van der Waals surface area contributed by atoms with Gasteiger partial charge in [-0.15, -0.1) is 6.58 Å². The second-order valence-corrected chi connectivity index (χ2v) is 9.89. The SMILES string of the molecule is C=CCCc1ccc(-c2ccc(OCC(F)(F)Oc3ccc(C4CCC(CC)CC4)cc3)c(F)c2)cc1. The molecule has 0 N–H and O–H groups in total. The quantitative estimate of drug-likeness (QED) is 0.240. The maximum absolute atomic E-state index is 14.6. The highest BCUT2D eigenvalue weighted by Crippen LogP contribution is 2.37. The Bertz CT molecular complexity index is 1150. The molecule has 2 nitrogen and oxygen atoms in total. The average molecular weight is 509 g/mol. The van der Waals surface area contributed by atoms with Gasteiger partial charge in [0.2, 0.25) is 0 Å². The minimum Gasteiger partial charge on any atom is -0.480 e. The fourth-order valence-corrected chi connectivity index (χ4v) is 5.01. The first-order chi connectivity index (χ1) is 17.9. The van der Waals surface area contributed by atoms with Crippen molar-refractivity contribution in [2.24, 2.45) is 5.92 Å². The lowest BCUT2D eigenvalue weighted by Gasteiger charge is -2.28. The molecule has 0 spiro atoms. The van der Waals surface area contributed by atoms with E-state index < -0.39 is 18.5 Å². The van der Waals surface area contributed by atoms with E-state index in [9.17, 15) is 13.2 Å². The van der Waals surface area contributed by atoms with Crippen LogP contribution in [0.2, 0.25) is 0 Å². The molecule has 37 heavy (non-hydrogen) atoms. The van der Waals surface area contributed by atoms with Crippen molar-refractivity contribution in [3.8, 4) is 22.6 Å². The van der Waals surface area contributed by atoms with Crippen LogP contribution in [0.5, 0.6) is 11.5 Å². The molecule has 0 aliphatic heterocycles. The van der Waals surface area contributed by atoms with E-state index in [-0.39, 0.29) is 11.5 Å². The summed E-state index contributed by atoms with van der Waals surface area (Å²) in [6, 6.07) is 19.0. The molecule has 0 atom stereocenters. The minimum atomic E-state index is -3.60. The zero-order valence-corrected chi connectivity index (χ0v) is 21.4. The molecule has 0 saturated heterocycles. The van der Waals surface area contributed by atoms with E-state index in [1.54, 1.807) is 18.2 Å². The largest absolute Gasteiger partial charge is 0.480 e.